The van der Waals surface area contributed by atoms with E-state index in [2.05, 4.69) is 25.2 Å². The van der Waals surface area contributed by atoms with Crippen LogP contribution in [0.4, 0.5) is 11.5 Å². The van der Waals surface area contributed by atoms with Crippen LogP contribution < -0.4 is 10.1 Å². The minimum Gasteiger partial charge on any atom is -0.431 e. The summed E-state index contributed by atoms with van der Waals surface area (Å²) >= 11 is 0. The Labute approximate surface area is 173 Å². The van der Waals surface area contributed by atoms with Gasteiger partial charge in [-0.25, -0.2) is 4.98 Å². The minimum absolute atomic E-state index is 0.121. The van der Waals surface area contributed by atoms with Crippen molar-refractivity contribution in [2.45, 2.75) is 6.42 Å². The van der Waals surface area contributed by atoms with E-state index in [9.17, 15) is 10.1 Å². The fourth-order valence-corrected chi connectivity index (χ4v) is 3.33. The van der Waals surface area contributed by atoms with Gasteiger partial charge in [-0.05, 0) is 25.1 Å². The number of nitro groups is 1. The second-order valence-electron chi connectivity index (χ2n) is 6.80. The van der Waals surface area contributed by atoms with Crippen LogP contribution in [0.1, 0.15) is 6.42 Å². The van der Waals surface area contributed by atoms with Crippen LogP contribution in [0, 0.1) is 10.1 Å². The van der Waals surface area contributed by atoms with Crippen molar-refractivity contribution < 1.29 is 14.4 Å². The first-order valence-corrected chi connectivity index (χ1v) is 9.77. The molecule has 1 aliphatic heterocycles. The molecule has 10 heteroatoms. The molecule has 30 heavy (non-hydrogen) atoms. The first-order chi connectivity index (χ1) is 14.7. The summed E-state index contributed by atoms with van der Waals surface area (Å²) < 4.78 is 11.1. The van der Waals surface area contributed by atoms with Gasteiger partial charge < -0.3 is 14.8 Å². The molecule has 10 nitrogen and oxygen atoms in total. The van der Waals surface area contributed by atoms with E-state index in [0.717, 1.165) is 44.7 Å². The summed E-state index contributed by atoms with van der Waals surface area (Å²) in [6.07, 6.45) is 3.72. The zero-order valence-electron chi connectivity index (χ0n) is 16.4. The molecule has 1 fully saturated rings. The van der Waals surface area contributed by atoms with Crippen LogP contribution in [0.5, 0.6) is 11.6 Å². The van der Waals surface area contributed by atoms with Gasteiger partial charge in [0.25, 0.3) is 0 Å². The van der Waals surface area contributed by atoms with Gasteiger partial charge in [0, 0.05) is 31.2 Å². The highest BCUT2D eigenvalue weighted by molar-refractivity contribution is 5.84. The quantitative estimate of drug-likeness (QED) is 0.340. The third-order valence-electron chi connectivity index (χ3n) is 4.82. The van der Waals surface area contributed by atoms with Crippen molar-refractivity contribution in [1.29, 1.82) is 0 Å². The van der Waals surface area contributed by atoms with Crippen molar-refractivity contribution in [1.82, 2.24) is 19.9 Å². The van der Waals surface area contributed by atoms with Crippen LogP contribution >= 0.6 is 0 Å². The molecule has 0 atom stereocenters. The first-order valence-electron chi connectivity index (χ1n) is 9.77. The molecule has 0 radical (unpaired) electrons. The molecule has 1 aromatic carbocycles. The SMILES string of the molecule is O=[N+]([O-])c1c(NCCCN2CCOCC2)ncnc1Oc1cccc2cccnc12. The molecule has 2 aromatic heterocycles. The number of morpholine rings is 1. The minimum atomic E-state index is -0.530. The molecule has 3 aromatic rings. The monoisotopic (exact) mass is 410 g/mol. The molecule has 4 rings (SSSR count). The number of nitrogens with one attached hydrogen (secondary N) is 1. The average Bonchev–Trinajstić information content (AvgIpc) is 2.77. The van der Waals surface area contributed by atoms with Crippen molar-refractivity contribution in [3.05, 3.63) is 53.0 Å². The molecular formula is C20H22N6O4. The van der Waals surface area contributed by atoms with Crippen molar-refractivity contribution in [3.63, 3.8) is 0 Å². The Morgan fingerprint density at radius 3 is 2.83 bits per heavy atom. The summed E-state index contributed by atoms with van der Waals surface area (Å²) in [6, 6.07) is 9.11. The van der Waals surface area contributed by atoms with Gasteiger partial charge in [-0.2, -0.15) is 4.98 Å². The molecule has 0 unspecified atom stereocenters. The van der Waals surface area contributed by atoms with E-state index in [4.69, 9.17) is 9.47 Å². The normalized spacial score (nSPS) is 14.5. The Hall–Kier alpha value is -3.37. The third-order valence-corrected chi connectivity index (χ3v) is 4.82. The summed E-state index contributed by atoms with van der Waals surface area (Å²) in [5.41, 5.74) is 0.310. The lowest BCUT2D eigenvalue weighted by Crippen LogP contribution is -2.37. The molecule has 3 heterocycles. The lowest BCUT2D eigenvalue weighted by molar-refractivity contribution is -0.385. The van der Waals surface area contributed by atoms with Gasteiger partial charge in [-0.3, -0.25) is 20.0 Å². The number of hydrogen-bond donors (Lipinski definition) is 1. The first kappa shape index (κ1) is 19.9. The molecule has 1 aliphatic rings. The van der Waals surface area contributed by atoms with Crippen molar-refractivity contribution in [2.75, 3.05) is 44.7 Å². The van der Waals surface area contributed by atoms with E-state index in [1.54, 1.807) is 18.3 Å². The number of aromatic nitrogens is 3. The molecule has 156 valence electrons. The molecule has 0 amide bonds. The lowest BCUT2D eigenvalue weighted by atomic mass is 10.2. The molecule has 0 aliphatic carbocycles. The predicted octanol–water partition coefficient (Wildman–Crippen LogP) is 2.86. The number of benzene rings is 1. The van der Waals surface area contributed by atoms with Gasteiger partial charge in [-0.1, -0.05) is 18.2 Å². The van der Waals surface area contributed by atoms with Gasteiger partial charge in [0.05, 0.1) is 18.1 Å². The predicted molar refractivity (Wildman–Crippen MR) is 111 cm³/mol. The maximum Gasteiger partial charge on any atom is 0.373 e. The fourth-order valence-electron chi connectivity index (χ4n) is 3.33. The van der Waals surface area contributed by atoms with E-state index in [-0.39, 0.29) is 17.4 Å². The second kappa shape index (κ2) is 9.42. The van der Waals surface area contributed by atoms with Crippen molar-refractivity contribution in [3.8, 4) is 11.6 Å². The van der Waals surface area contributed by atoms with E-state index < -0.39 is 4.92 Å². The largest absolute Gasteiger partial charge is 0.431 e. The van der Waals surface area contributed by atoms with E-state index in [1.165, 1.54) is 6.33 Å². The van der Waals surface area contributed by atoms with Gasteiger partial charge in [0.1, 0.15) is 11.8 Å². The number of ether oxygens (including phenoxy) is 2. The lowest BCUT2D eigenvalue weighted by Gasteiger charge is -2.26. The summed E-state index contributed by atoms with van der Waals surface area (Å²) in [7, 11) is 0. The van der Waals surface area contributed by atoms with Crippen molar-refractivity contribution in [2.24, 2.45) is 0 Å². The van der Waals surface area contributed by atoms with Crippen LogP contribution in [0.3, 0.4) is 0 Å². The number of nitrogens with zero attached hydrogens (tertiary/aromatic N) is 5. The Balaban J connectivity index is 1.49. The maximum absolute atomic E-state index is 11.7. The molecule has 0 bridgehead atoms. The number of hydrogen-bond acceptors (Lipinski definition) is 9. The zero-order chi connectivity index (χ0) is 20.8. The Bertz CT molecular complexity index is 1020. The molecule has 0 saturated carbocycles. The average molecular weight is 410 g/mol. The summed E-state index contributed by atoms with van der Waals surface area (Å²) in [4.78, 5) is 25.9. The van der Waals surface area contributed by atoms with Crippen LogP contribution in [0.25, 0.3) is 10.9 Å². The van der Waals surface area contributed by atoms with E-state index >= 15 is 0 Å². The number of rotatable bonds is 8. The standard InChI is InChI=1S/C20H22N6O4/c27-26(28)18-19(22-8-3-9-25-10-12-29-13-11-25)23-14-24-20(18)30-16-6-1-4-15-5-2-7-21-17(15)16/h1-2,4-7,14H,3,8-13H2,(H,22,23,24). The van der Waals surface area contributed by atoms with E-state index in [0.29, 0.717) is 17.8 Å². The van der Waals surface area contributed by atoms with Gasteiger partial charge in [0.2, 0.25) is 5.82 Å². The summed E-state index contributed by atoms with van der Waals surface area (Å²) in [6.45, 7) is 4.74. The number of para-hydroxylation sites is 1. The number of anilines is 1. The molecular weight excluding hydrogens is 388 g/mol. The fraction of sp³-hybridized carbons (Fsp3) is 0.350. The summed E-state index contributed by atoms with van der Waals surface area (Å²) in [5.74, 6) is 0.414. The van der Waals surface area contributed by atoms with Gasteiger partial charge in [-0.15, -0.1) is 0 Å². The highest BCUT2D eigenvalue weighted by Crippen LogP contribution is 2.35. The Morgan fingerprint density at radius 2 is 2.00 bits per heavy atom. The van der Waals surface area contributed by atoms with Crippen LogP contribution in [-0.2, 0) is 4.74 Å². The van der Waals surface area contributed by atoms with Gasteiger partial charge >= 0.3 is 11.6 Å². The number of pyridine rings is 1. The highest BCUT2D eigenvalue weighted by atomic mass is 16.6. The van der Waals surface area contributed by atoms with Crippen LogP contribution in [0.15, 0.2) is 42.9 Å². The molecule has 1 saturated heterocycles. The second-order valence-corrected chi connectivity index (χ2v) is 6.80. The Morgan fingerprint density at radius 1 is 1.17 bits per heavy atom. The molecule has 1 N–H and O–H groups in total. The number of fused-ring (bicyclic) bond motifs is 1. The highest BCUT2D eigenvalue weighted by Gasteiger charge is 2.25. The molecule has 0 spiro atoms. The topological polar surface area (TPSA) is 116 Å². The third kappa shape index (κ3) is 4.61. The van der Waals surface area contributed by atoms with Gasteiger partial charge in [0.15, 0.2) is 5.75 Å². The Kier molecular flexibility index (Phi) is 6.26. The zero-order valence-corrected chi connectivity index (χ0v) is 16.4. The van der Waals surface area contributed by atoms with Crippen LogP contribution in [-0.4, -0.2) is 64.2 Å². The van der Waals surface area contributed by atoms with Crippen LogP contribution in [0.2, 0.25) is 0 Å². The smallest absolute Gasteiger partial charge is 0.373 e. The summed E-state index contributed by atoms with van der Waals surface area (Å²) in [5, 5.41) is 15.7. The maximum atomic E-state index is 11.7. The van der Waals surface area contributed by atoms with E-state index in [1.807, 2.05) is 18.2 Å². The van der Waals surface area contributed by atoms with Crippen molar-refractivity contribution >= 4 is 22.4 Å².